The first-order chi connectivity index (χ1) is 8.11. The minimum absolute atomic E-state index is 0.193. The van der Waals surface area contributed by atoms with E-state index in [1.165, 1.54) is 4.57 Å². The molecule has 0 bridgehead atoms. The van der Waals surface area contributed by atoms with Crippen molar-refractivity contribution in [3.05, 3.63) is 46.0 Å². The van der Waals surface area contributed by atoms with Gasteiger partial charge in [-0.05, 0) is 29.8 Å². The number of hydrogen-bond donors (Lipinski definition) is 0. The lowest BCUT2D eigenvalue weighted by molar-refractivity contribution is 0.415. The van der Waals surface area contributed by atoms with Crippen molar-refractivity contribution >= 4 is 11.6 Å². The maximum Gasteiger partial charge on any atom is 0.349 e. The van der Waals surface area contributed by atoms with Crippen molar-refractivity contribution in [1.82, 2.24) is 9.55 Å². The van der Waals surface area contributed by atoms with Crippen molar-refractivity contribution in [2.45, 2.75) is 0 Å². The number of ether oxygens (including phenoxy) is 1. The number of nitrogens with zero attached hydrogens (tertiary/aromatic N) is 2. The Kier molecular flexibility index (Phi) is 3.15. The Labute approximate surface area is 103 Å². The Hall–Kier alpha value is -1.81. The third-order valence-electron chi connectivity index (χ3n) is 2.49. The Bertz CT molecular complexity index is 590. The molecule has 0 saturated carbocycles. The van der Waals surface area contributed by atoms with Gasteiger partial charge in [0.05, 0.1) is 12.8 Å². The fourth-order valence-electron chi connectivity index (χ4n) is 1.55. The third-order valence-corrected chi connectivity index (χ3v) is 2.69. The molecule has 1 aromatic heterocycles. The van der Waals surface area contributed by atoms with Crippen LogP contribution >= 0.6 is 11.6 Å². The van der Waals surface area contributed by atoms with Gasteiger partial charge in [-0.2, -0.15) is 4.98 Å². The van der Waals surface area contributed by atoms with E-state index in [0.717, 1.165) is 17.0 Å². The molecule has 1 heterocycles. The molecule has 17 heavy (non-hydrogen) atoms. The highest BCUT2D eigenvalue weighted by Gasteiger charge is 2.06. The summed E-state index contributed by atoms with van der Waals surface area (Å²) in [6, 6.07) is 9.04. The zero-order chi connectivity index (χ0) is 12.4. The summed E-state index contributed by atoms with van der Waals surface area (Å²) in [5.41, 5.74) is 1.23. The van der Waals surface area contributed by atoms with Gasteiger partial charge in [-0.1, -0.05) is 11.6 Å². The van der Waals surface area contributed by atoms with E-state index in [-0.39, 0.29) is 10.8 Å². The van der Waals surface area contributed by atoms with Crippen LogP contribution in [-0.4, -0.2) is 16.7 Å². The Morgan fingerprint density at radius 1 is 1.29 bits per heavy atom. The molecular weight excluding hydrogens is 240 g/mol. The van der Waals surface area contributed by atoms with Gasteiger partial charge in [0, 0.05) is 13.1 Å². The van der Waals surface area contributed by atoms with Crippen LogP contribution in [0.25, 0.3) is 11.3 Å². The van der Waals surface area contributed by atoms with E-state index in [4.69, 9.17) is 16.3 Å². The molecule has 5 heteroatoms. The lowest BCUT2D eigenvalue weighted by Crippen LogP contribution is -2.21. The van der Waals surface area contributed by atoms with Crippen LogP contribution in [0.2, 0.25) is 5.15 Å². The van der Waals surface area contributed by atoms with Gasteiger partial charge in [-0.15, -0.1) is 0 Å². The molecule has 4 nitrogen and oxygen atoms in total. The normalized spacial score (nSPS) is 10.3. The quantitative estimate of drug-likeness (QED) is 0.767. The molecule has 0 radical (unpaired) electrons. The van der Waals surface area contributed by atoms with E-state index >= 15 is 0 Å². The molecular formula is C12H11ClN2O2. The lowest BCUT2D eigenvalue weighted by atomic mass is 10.1. The van der Waals surface area contributed by atoms with E-state index in [1.807, 2.05) is 24.3 Å². The zero-order valence-corrected chi connectivity index (χ0v) is 10.2. The van der Waals surface area contributed by atoms with Gasteiger partial charge in [0.15, 0.2) is 0 Å². The average molecular weight is 251 g/mol. The molecule has 0 N–H and O–H groups in total. The maximum absolute atomic E-state index is 11.5. The maximum atomic E-state index is 11.5. The number of aromatic nitrogens is 2. The van der Waals surface area contributed by atoms with Crippen LogP contribution in [0, 0.1) is 0 Å². The van der Waals surface area contributed by atoms with Crippen molar-refractivity contribution < 1.29 is 4.74 Å². The van der Waals surface area contributed by atoms with Gasteiger partial charge in [-0.3, -0.25) is 4.57 Å². The minimum Gasteiger partial charge on any atom is -0.497 e. The summed E-state index contributed by atoms with van der Waals surface area (Å²) in [5, 5.41) is 0.193. The summed E-state index contributed by atoms with van der Waals surface area (Å²) in [6.07, 6.45) is 0. The van der Waals surface area contributed by atoms with Gasteiger partial charge < -0.3 is 4.74 Å². The third kappa shape index (κ3) is 2.31. The average Bonchev–Trinajstić information content (AvgIpc) is 2.34. The Balaban J connectivity index is 2.56. The van der Waals surface area contributed by atoms with Crippen LogP contribution in [-0.2, 0) is 7.05 Å². The molecule has 2 rings (SSSR count). The highest BCUT2D eigenvalue weighted by atomic mass is 35.5. The predicted octanol–water partition coefficient (Wildman–Crippen LogP) is 2.11. The minimum atomic E-state index is -0.372. The summed E-state index contributed by atoms with van der Waals surface area (Å²) < 4.78 is 6.53. The standard InChI is InChI=1S/C12H11ClN2O2/c1-15-10(7-11(13)14-12(15)16)8-3-5-9(17-2)6-4-8/h3-7H,1-2H3. The van der Waals surface area contributed by atoms with E-state index in [0.29, 0.717) is 0 Å². The zero-order valence-electron chi connectivity index (χ0n) is 9.48. The first-order valence-corrected chi connectivity index (χ1v) is 5.37. The molecule has 0 amide bonds. The Morgan fingerprint density at radius 3 is 2.53 bits per heavy atom. The molecule has 0 fully saturated rings. The van der Waals surface area contributed by atoms with Gasteiger partial charge in [-0.25, -0.2) is 4.79 Å². The van der Waals surface area contributed by atoms with Crippen LogP contribution in [0.1, 0.15) is 0 Å². The largest absolute Gasteiger partial charge is 0.497 e. The van der Waals surface area contributed by atoms with Crippen molar-refractivity contribution in [3.63, 3.8) is 0 Å². The summed E-state index contributed by atoms with van der Waals surface area (Å²) in [4.78, 5) is 15.1. The van der Waals surface area contributed by atoms with Crippen LogP contribution in [0.4, 0.5) is 0 Å². The highest BCUT2D eigenvalue weighted by Crippen LogP contribution is 2.22. The van der Waals surface area contributed by atoms with Crippen molar-refractivity contribution in [2.75, 3.05) is 7.11 Å². The molecule has 0 aliphatic heterocycles. The highest BCUT2D eigenvalue weighted by molar-refractivity contribution is 6.29. The van der Waals surface area contributed by atoms with Crippen molar-refractivity contribution in [3.8, 4) is 17.0 Å². The molecule has 88 valence electrons. The second-order valence-corrected chi connectivity index (χ2v) is 3.92. The second kappa shape index (κ2) is 4.59. The summed E-state index contributed by atoms with van der Waals surface area (Å²) in [7, 11) is 3.26. The van der Waals surface area contributed by atoms with Crippen molar-refractivity contribution in [2.24, 2.45) is 7.05 Å². The lowest BCUT2D eigenvalue weighted by Gasteiger charge is -2.08. The monoisotopic (exact) mass is 250 g/mol. The molecule has 0 atom stereocenters. The molecule has 1 aromatic carbocycles. The van der Waals surface area contributed by atoms with E-state index < -0.39 is 0 Å². The topological polar surface area (TPSA) is 44.1 Å². The molecule has 0 unspecified atom stereocenters. The summed E-state index contributed by atoms with van der Waals surface area (Å²) in [5.74, 6) is 0.763. The first kappa shape index (κ1) is 11.7. The number of halogens is 1. The summed E-state index contributed by atoms with van der Waals surface area (Å²) in [6.45, 7) is 0. The fourth-order valence-corrected chi connectivity index (χ4v) is 1.73. The summed E-state index contributed by atoms with van der Waals surface area (Å²) >= 11 is 5.78. The van der Waals surface area contributed by atoms with Crippen LogP contribution < -0.4 is 10.4 Å². The van der Waals surface area contributed by atoms with Crippen LogP contribution in [0.3, 0.4) is 0 Å². The van der Waals surface area contributed by atoms with Crippen LogP contribution in [0.15, 0.2) is 35.1 Å². The fraction of sp³-hybridized carbons (Fsp3) is 0.167. The molecule has 0 aliphatic carbocycles. The molecule has 2 aromatic rings. The van der Waals surface area contributed by atoms with E-state index in [9.17, 15) is 4.79 Å². The molecule has 0 spiro atoms. The van der Waals surface area contributed by atoms with Gasteiger partial charge in [0.1, 0.15) is 10.9 Å². The Morgan fingerprint density at radius 2 is 1.94 bits per heavy atom. The van der Waals surface area contributed by atoms with Gasteiger partial charge in [0.2, 0.25) is 0 Å². The molecule has 0 saturated heterocycles. The number of rotatable bonds is 2. The van der Waals surface area contributed by atoms with Gasteiger partial charge >= 0.3 is 5.69 Å². The van der Waals surface area contributed by atoms with Crippen LogP contribution in [0.5, 0.6) is 5.75 Å². The number of hydrogen-bond acceptors (Lipinski definition) is 3. The van der Waals surface area contributed by atoms with Gasteiger partial charge in [0.25, 0.3) is 0 Å². The second-order valence-electron chi connectivity index (χ2n) is 3.53. The smallest absolute Gasteiger partial charge is 0.349 e. The van der Waals surface area contributed by atoms with E-state index in [1.54, 1.807) is 20.2 Å². The first-order valence-electron chi connectivity index (χ1n) is 5.00. The SMILES string of the molecule is COc1ccc(-c2cc(Cl)nc(=O)n2C)cc1. The predicted molar refractivity (Wildman–Crippen MR) is 66.5 cm³/mol. The van der Waals surface area contributed by atoms with Crippen molar-refractivity contribution in [1.29, 1.82) is 0 Å². The number of benzene rings is 1. The number of methoxy groups -OCH3 is 1. The molecule has 0 aliphatic rings. The van der Waals surface area contributed by atoms with E-state index in [2.05, 4.69) is 4.98 Å².